The molecule has 112 valence electrons. The van der Waals surface area contributed by atoms with Crippen molar-refractivity contribution in [1.82, 2.24) is 5.32 Å². The lowest BCUT2D eigenvalue weighted by Gasteiger charge is -2.32. The van der Waals surface area contributed by atoms with E-state index in [1.54, 1.807) is 12.1 Å². The normalized spacial score (nSPS) is 27.4. The Morgan fingerprint density at radius 3 is 2.15 bits per heavy atom. The van der Waals surface area contributed by atoms with Gasteiger partial charge in [0.2, 0.25) is 10.0 Å². The highest BCUT2D eigenvalue weighted by atomic mass is 32.2. The van der Waals surface area contributed by atoms with Gasteiger partial charge in [-0.2, -0.15) is 0 Å². The van der Waals surface area contributed by atoms with Crippen molar-refractivity contribution in [1.29, 1.82) is 0 Å². The second kappa shape index (κ2) is 6.24. The van der Waals surface area contributed by atoms with Crippen LogP contribution in [0.15, 0.2) is 29.2 Å². The van der Waals surface area contributed by atoms with Crippen LogP contribution in [0.5, 0.6) is 0 Å². The van der Waals surface area contributed by atoms with Gasteiger partial charge < -0.3 is 5.32 Å². The Morgan fingerprint density at radius 1 is 1.10 bits per heavy atom. The summed E-state index contributed by atoms with van der Waals surface area (Å²) in [4.78, 5) is 0.168. The smallest absolute Gasteiger partial charge is 0.238 e. The van der Waals surface area contributed by atoms with Crippen LogP contribution in [0.3, 0.4) is 0 Å². The predicted molar refractivity (Wildman–Crippen MR) is 80.6 cm³/mol. The van der Waals surface area contributed by atoms with Crippen LogP contribution in [0.2, 0.25) is 0 Å². The van der Waals surface area contributed by atoms with Crippen LogP contribution in [0.25, 0.3) is 0 Å². The number of primary sulfonamides is 1. The van der Waals surface area contributed by atoms with Gasteiger partial charge in [-0.15, -0.1) is 0 Å². The summed E-state index contributed by atoms with van der Waals surface area (Å²) in [5, 5.41) is 8.66. The number of hydrogen-bond donors (Lipinski definition) is 2. The SMILES string of the molecule is CC1CC(C)CC(NCc2ccc(S(N)(=O)=O)cc2)C1. The summed E-state index contributed by atoms with van der Waals surface area (Å²) in [5.74, 6) is 1.56. The Labute approximate surface area is 121 Å². The number of rotatable bonds is 4. The van der Waals surface area contributed by atoms with Crippen LogP contribution < -0.4 is 10.5 Å². The minimum atomic E-state index is -3.59. The van der Waals surface area contributed by atoms with Gasteiger partial charge in [0, 0.05) is 12.6 Å². The topological polar surface area (TPSA) is 72.2 Å². The summed E-state index contributed by atoms with van der Waals surface area (Å²) >= 11 is 0. The van der Waals surface area contributed by atoms with Crippen LogP contribution in [0.4, 0.5) is 0 Å². The molecule has 0 aromatic heterocycles. The zero-order chi connectivity index (χ0) is 14.8. The summed E-state index contributed by atoms with van der Waals surface area (Å²) in [5.41, 5.74) is 1.09. The van der Waals surface area contributed by atoms with Crippen molar-refractivity contribution in [3.8, 4) is 0 Å². The minimum absolute atomic E-state index is 0.168. The lowest BCUT2D eigenvalue weighted by molar-refractivity contribution is 0.238. The molecule has 2 unspecified atom stereocenters. The molecule has 1 aliphatic rings. The highest BCUT2D eigenvalue weighted by molar-refractivity contribution is 7.89. The summed E-state index contributed by atoms with van der Waals surface area (Å²) in [6.45, 7) is 5.39. The molecule has 0 heterocycles. The van der Waals surface area contributed by atoms with Crippen LogP contribution in [-0.4, -0.2) is 14.5 Å². The predicted octanol–water partition coefficient (Wildman–Crippen LogP) is 2.25. The highest BCUT2D eigenvalue weighted by Crippen LogP contribution is 2.28. The van der Waals surface area contributed by atoms with Crippen molar-refractivity contribution >= 4 is 10.0 Å². The Morgan fingerprint density at radius 2 is 1.65 bits per heavy atom. The number of benzene rings is 1. The number of sulfonamides is 1. The molecule has 0 amide bonds. The maximum atomic E-state index is 11.2. The molecule has 0 bridgehead atoms. The summed E-state index contributed by atoms with van der Waals surface area (Å²) in [6.07, 6.45) is 3.76. The minimum Gasteiger partial charge on any atom is -0.310 e. The molecule has 1 aliphatic carbocycles. The molecule has 2 atom stereocenters. The largest absolute Gasteiger partial charge is 0.310 e. The molecule has 4 nitrogen and oxygen atoms in total. The van der Waals surface area contributed by atoms with Crippen molar-refractivity contribution < 1.29 is 8.42 Å². The van der Waals surface area contributed by atoms with Crippen molar-refractivity contribution in [3.05, 3.63) is 29.8 Å². The maximum absolute atomic E-state index is 11.2. The lowest BCUT2D eigenvalue weighted by atomic mass is 9.80. The first-order valence-corrected chi connectivity index (χ1v) is 8.74. The van der Waals surface area contributed by atoms with E-state index in [1.807, 2.05) is 12.1 Å². The third-order valence-corrected chi connectivity index (χ3v) is 4.95. The summed E-state index contributed by atoms with van der Waals surface area (Å²) < 4.78 is 22.4. The Bertz CT molecular complexity index is 529. The Hall–Kier alpha value is -0.910. The molecule has 0 radical (unpaired) electrons. The van der Waals surface area contributed by atoms with E-state index in [0.717, 1.165) is 23.9 Å². The van der Waals surface area contributed by atoms with Crippen LogP contribution in [0, 0.1) is 11.8 Å². The number of hydrogen-bond acceptors (Lipinski definition) is 3. The first-order valence-electron chi connectivity index (χ1n) is 7.19. The fourth-order valence-electron chi connectivity index (χ4n) is 3.17. The molecule has 5 heteroatoms. The molecule has 1 saturated carbocycles. The highest BCUT2D eigenvalue weighted by Gasteiger charge is 2.23. The molecule has 2 rings (SSSR count). The Balaban J connectivity index is 1.91. The first kappa shape index (κ1) is 15.5. The van der Waals surface area contributed by atoms with E-state index in [-0.39, 0.29) is 4.90 Å². The van der Waals surface area contributed by atoms with E-state index in [4.69, 9.17) is 5.14 Å². The van der Waals surface area contributed by atoms with E-state index < -0.39 is 10.0 Å². The van der Waals surface area contributed by atoms with Crippen LogP contribution in [-0.2, 0) is 16.6 Å². The first-order chi connectivity index (χ1) is 9.34. The van der Waals surface area contributed by atoms with E-state index >= 15 is 0 Å². The number of nitrogens with two attached hydrogens (primary N) is 1. The second-order valence-corrected chi connectivity index (χ2v) is 7.75. The monoisotopic (exact) mass is 296 g/mol. The third kappa shape index (κ3) is 4.30. The summed E-state index contributed by atoms with van der Waals surface area (Å²) in [6, 6.07) is 7.34. The zero-order valence-corrected chi connectivity index (χ0v) is 13.0. The van der Waals surface area contributed by atoms with Gasteiger partial charge in [0.05, 0.1) is 4.90 Å². The zero-order valence-electron chi connectivity index (χ0n) is 12.2. The molecule has 3 N–H and O–H groups in total. The Kier molecular flexibility index (Phi) is 4.83. The average molecular weight is 296 g/mol. The molecule has 20 heavy (non-hydrogen) atoms. The number of nitrogens with one attached hydrogen (secondary N) is 1. The molecule has 0 saturated heterocycles. The van der Waals surface area contributed by atoms with Gasteiger partial charge in [0.25, 0.3) is 0 Å². The average Bonchev–Trinajstić information content (AvgIpc) is 2.35. The van der Waals surface area contributed by atoms with Crippen molar-refractivity contribution in [2.75, 3.05) is 0 Å². The van der Waals surface area contributed by atoms with Gasteiger partial charge >= 0.3 is 0 Å². The second-order valence-electron chi connectivity index (χ2n) is 6.18. The fourth-order valence-corrected chi connectivity index (χ4v) is 3.69. The van der Waals surface area contributed by atoms with Gasteiger partial charge in [0.1, 0.15) is 0 Å². The summed E-state index contributed by atoms with van der Waals surface area (Å²) in [7, 11) is -3.59. The van der Waals surface area contributed by atoms with Crippen molar-refractivity contribution in [2.24, 2.45) is 17.0 Å². The van der Waals surface area contributed by atoms with Gasteiger partial charge in [0.15, 0.2) is 0 Å². The quantitative estimate of drug-likeness (QED) is 0.895. The molecule has 0 aliphatic heterocycles. The van der Waals surface area contributed by atoms with Gasteiger partial charge in [-0.3, -0.25) is 0 Å². The van der Waals surface area contributed by atoms with Crippen molar-refractivity contribution in [3.63, 3.8) is 0 Å². The lowest BCUT2D eigenvalue weighted by Crippen LogP contribution is -2.35. The van der Waals surface area contributed by atoms with Gasteiger partial charge in [-0.1, -0.05) is 26.0 Å². The third-order valence-electron chi connectivity index (χ3n) is 4.03. The molecule has 1 aromatic carbocycles. The molecular formula is C15H24N2O2S. The van der Waals surface area contributed by atoms with Crippen molar-refractivity contribution in [2.45, 2.75) is 50.6 Å². The van der Waals surface area contributed by atoms with Gasteiger partial charge in [-0.25, -0.2) is 13.6 Å². The van der Waals surface area contributed by atoms with E-state index in [2.05, 4.69) is 19.2 Å². The standard InChI is InChI=1S/C15H24N2O2S/c1-11-7-12(2)9-14(8-11)17-10-13-3-5-15(6-4-13)20(16,18)19/h3-6,11-12,14,17H,7-10H2,1-2H3,(H2,16,18,19). The molecule has 1 aromatic rings. The van der Waals surface area contributed by atoms with Gasteiger partial charge in [-0.05, 0) is 48.8 Å². The van der Waals surface area contributed by atoms with E-state index in [1.165, 1.54) is 19.3 Å². The molecular weight excluding hydrogens is 272 g/mol. The van der Waals surface area contributed by atoms with Crippen LogP contribution in [0.1, 0.15) is 38.7 Å². The van der Waals surface area contributed by atoms with E-state index in [9.17, 15) is 8.42 Å². The van der Waals surface area contributed by atoms with Crippen LogP contribution >= 0.6 is 0 Å². The maximum Gasteiger partial charge on any atom is 0.238 e. The fraction of sp³-hybridized carbons (Fsp3) is 0.600. The molecule has 1 fully saturated rings. The van der Waals surface area contributed by atoms with E-state index in [0.29, 0.717) is 6.04 Å². The molecule has 0 spiro atoms.